The first-order valence-electron chi connectivity index (χ1n) is 10.2. The van der Waals surface area contributed by atoms with Gasteiger partial charge in [0.25, 0.3) is 0 Å². The summed E-state index contributed by atoms with van der Waals surface area (Å²) in [6.07, 6.45) is 17.7. The van der Waals surface area contributed by atoms with Crippen LogP contribution >= 0.6 is 0 Å². The first-order valence-corrected chi connectivity index (χ1v) is 10.2. The second-order valence-electron chi connectivity index (χ2n) is 7.95. The molecule has 26 heavy (non-hydrogen) atoms. The predicted molar refractivity (Wildman–Crippen MR) is 114 cm³/mol. The van der Waals surface area contributed by atoms with Crippen molar-refractivity contribution in [2.24, 2.45) is 11.8 Å². The Morgan fingerprint density at radius 1 is 1.23 bits per heavy atom. The minimum Gasteiger partial charge on any atom is -0.375 e. The van der Waals surface area contributed by atoms with Crippen molar-refractivity contribution in [2.75, 3.05) is 13.1 Å². The summed E-state index contributed by atoms with van der Waals surface area (Å²) < 4.78 is 0. The number of likely N-dealkylation sites (tertiary alicyclic amines) is 1. The van der Waals surface area contributed by atoms with Crippen molar-refractivity contribution >= 4 is 6.08 Å². The Kier molecular flexibility index (Phi) is 6.55. The van der Waals surface area contributed by atoms with Crippen molar-refractivity contribution in [1.29, 1.82) is 0 Å². The first-order chi connectivity index (χ1) is 12.6. The second-order valence-corrected chi connectivity index (χ2v) is 7.95. The normalized spacial score (nSPS) is 19.6. The van der Waals surface area contributed by atoms with Crippen molar-refractivity contribution in [2.45, 2.75) is 46.0 Å². The van der Waals surface area contributed by atoms with E-state index in [1.807, 2.05) is 0 Å². The van der Waals surface area contributed by atoms with Crippen LogP contribution < -0.4 is 0 Å². The van der Waals surface area contributed by atoms with Crippen LogP contribution in [0.4, 0.5) is 0 Å². The van der Waals surface area contributed by atoms with Crippen LogP contribution in [0.2, 0.25) is 0 Å². The van der Waals surface area contributed by atoms with Crippen LogP contribution in [0.25, 0.3) is 6.08 Å². The van der Waals surface area contributed by atoms with Crippen LogP contribution in [0.1, 0.15) is 50.2 Å². The lowest BCUT2D eigenvalue weighted by atomic mass is 9.90. The van der Waals surface area contributed by atoms with Crippen LogP contribution in [0, 0.1) is 18.8 Å². The molecule has 138 valence electrons. The Morgan fingerprint density at radius 3 is 2.69 bits per heavy atom. The zero-order chi connectivity index (χ0) is 18.4. The van der Waals surface area contributed by atoms with Gasteiger partial charge in [-0.05, 0) is 56.1 Å². The highest BCUT2D eigenvalue weighted by molar-refractivity contribution is 5.54. The van der Waals surface area contributed by atoms with E-state index in [-0.39, 0.29) is 0 Å². The van der Waals surface area contributed by atoms with Crippen LogP contribution in [0.5, 0.6) is 0 Å². The van der Waals surface area contributed by atoms with Gasteiger partial charge >= 0.3 is 0 Å². The van der Waals surface area contributed by atoms with E-state index in [1.54, 1.807) is 0 Å². The molecule has 1 nitrogen and oxygen atoms in total. The molecule has 1 heteroatoms. The van der Waals surface area contributed by atoms with Crippen molar-refractivity contribution in [3.8, 4) is 0 Å². The molecule has 1 aliphatic carbocycles. The number of allylic oxidation sites excluding steroid dienone is 5. The zero-order valence-corrected chi connectivity index (χ0v) is 16.5. The van der Waals surface area contributed by atoms with Gasteiger partial charge in [0.1, 0.15) is 0 Å². The molecule has 1 aromatic carbocycles. The zero-order valence-electron chi connectivity index (χ0n) is 16.5. The van der Waals surface area contributed by atoms with Gasteiger partial charge in [0, 0.05) is 24.7 Å². The first kappa shape index (κ1) is 18.8. The minimum atomic E-state index is 0.372. The highest BCUT2D eigenvalue weighted by Gasteiger charge is 2.21. The van der Waals surface area contributed by atoms with Crippen LogP contribution in [0.15, 0.2) is 66.4 Å². The summed E-state index contributed by atoms with van der Waals surface area (Å²) in [4.78, 5) is 2.53. The molecule has 1 unspecified atom stereocenters. The monoisotopic (exact) mass is 347 g/mol. The summed E-state index contributed by atoms with van der Waals surface area (Å²) in [5, 5.41) is 0. The number of nitrogens with zero attached hydrogens (tertiary/aromatic N) is 1. The van der Waals surface area contributed by atoms with Crippen molar-refractivity contribution in [1.82, 2.24) is 4.90 Å². The molecule has 1 aromatic rings. The van der Waals surface area contributed by atoms with Gasteiger partial charge in [-0.1, -0.05) is 73.7 Å². The molecule has 0 aromatic heterocycles. The van der Waals surface area contributed by atoms with Crippen molar-refractivity contribution in [3.05, 3.63) is 77.5 Å². The topological polar surface area (TPSA) is 3.24 Å². The van der Waals surface area contributed by atoms with Gasteiger partial charge in [0.15, 0.2) is 0 Å². The molecule has 1 heterocycles. The molecule has 0 bridgehead atoms. The van der Waals surface area contributed by atoms with Gasteiger partial charge in [-0.2, -0.15) is 0 Å². The molecule has 1 saturated heterocycles. The standard InChI is InChI=1S/C25H33N/c1-20-15-17-26(18-16-20)22(3)25(19-23-10-5-4-6-11-23)14-13-24-12-8-7-9-21(24)2/h5,7-14,20,25H,3-4,6,15-19H2,1-2H3/b14-13+. The van der Waals surface area contributed by atoms with E-state index in [2.05, 4.69) is 80.0 Å². The lowest BCUT2D eigenvalue weighted by Crippen LogP contribution is -2.34. The third-order valence-corrected chi connectivity index (χ3v) is 5.84. The Bertz CT molecular complexity index is 699. The highest BCUT2D eigenvalue weighted by atomic mass is 15.1. The summed E-state index contributed by atoms with van der Waals surface area (Å²) in [5.74, 6) is 1.22. The summed E-state index contributed by atoms with van der Waals surface area (Å²) in [7, 11) is 0. The molecule has 1 aliphatic heterocycles. The van der Waals surface area contributed by atoms with Crippen molar-refractivity contribution in [3.63, 3.8) is 0 Å². The Labute approximate surface area is 159 Å². The van der Waals surface area contributed by atoms with Crippen molar-refractivity contribution < 1.29 is 0 Å². The average Bonchev–Trinajstić information content (AvgIpc) is 2.67. The molecule has 0 saturated carbocycles. The Hall–Kier alpha value is -2.02. The number of hydrogen-bond acceptors (Lipinski definition) is 1. The molecule has 0 spiro atoms. The van der Waals surface area contributed by atoms with E-state index in [4.69, 9.17) is 0 Å². The number of piperidine rings is 1. The smallest absolute Gasteiger partial charge is 0.0206 e. The van der Waals surface area contributed by atoms with Gasteiger partial charge in [0.05, 0.1) is 0 Å². The summed E-state index contributed by atoms with van der Waals surface area (Å²) in [6.45, 7) is 11.4. The minimum absolute atomic E-state index is 0.372. The molecule has 3 rings (SSSR count). The van der Waals surface area contributed by atoms with Crippen LogP contribution in [-0.2, 0) is 0 Å². The predicted octanol–water partition coefficient (Wildman–Crippen LogP) is 6.54. The molecule has 0 amide bonds. The molecule has 1 atom stereocenters. The Morgan fingerprint density at radius 2 is 2.00 bits per heavy atom. The quantitative estimate of drug-likeness (QED) is 0.565. The third kappa shape index (κ3) is 5.00. The summed E-state index contributed by atoms with van der Waals surface area (Å²) in [5.41, 5.74) is 5.39. The fourth-order valence-electron chi connectivity index (χ4n) is 3.89. The fraction of sp³-hybridized carbons (Fsp3) is 0.440. The highest BCUT2D eigenvalue weighted by Crippen LogP contribution is 2.30. The maximum Gasteiger partial charge on any atom is 0.0206 e. The number of benzene rings is 1. The molecule has 2 aliphatic rings. The van der Waals surface area contributed by atoms with Gasteiger partial charge in [0.2, 0.25) is 0 Å². The second kappa shape index (κ2) is 9.07. The van der Waals surface area contributed by atoms with Gasteiger partial charge in [-0.15, -0.1) is 0 Å². The van der Waals surface area contributed by atoms with E-state index in [0.717, 1.165) is 25.4 Å². The van der Waals surface area contributed by atoms with E-state index in [1.165, 1.54) is 48.1 Å². The van der Waals surface area contributed by atoms with E-state index in [0.29, 0.717) is 5.92 Å². The number of aryl methyl sites for hydroxylation is 1. The van der Waals surface area contributed by atoms with E-state index < -0.39 is 0 Å². The summed E-state index contributed by atoms with van der Waals surface area (Å²) in [6, 6.07) is 8.61. The van der Waals surface area contributed by atoms with E-state index >= 15 is 0 Å². The Balaban J connectivity index is 1.76. The fourth-order valence-corrected chi connectivity index (χ4v) is 3.89. The third-order valence-electron chi connectivity index (χ3n) is 5.84. The molecule has 1 fully saturated rings. The molecule has 0 N–H and O–H groups in total. The SMILES string of the molecule is C=C(C(/C=C/c1ccccc1C)CC1=CCCC=C1)N1CCC(C)CC1. The lowest BCUT2D eigenvalue weighted by Gasteiger charge is -2.36. The van der Waals surface area contributed by atoms with Crippen LogP contribution in [-0.4, -0.2) is 18.0 Å². The molecular formula is C25H33N. The molecular weight excluding hydrogens is 314 g/mol. The largest absolute Gasteiger partial charge is 0.375 e. The molecule has 0 radical (unpaired) electrons. The van der Waals surface area contributed by atoms with E-state index in [9.17, 15) is 0 Å². The summed E-state index contributed by atoms with van der Waals surface area (Å²) >= 11 is 0. The van der Waals surface area contributed by atoms with Gasteiger partial charge in [-0.25, -0.2) is 0 Å². The van der Waals surface area contributed by atoms with Gasteiger partial charge in [-0.3, -0.25) is 0 Å². The van der Waals surface area contributed by atoms with Crippen LogP contribution in [0.3, 0.4) is 0 Å². The maximum atomic E-state index is 4.53. The maximum absolute atomic E-state index is 4.53. The lowest BCUT2D eigenvalue weighted by molar-refractivity contribution is 0.223. The average molecular weight is 348 g/mol. The van der Waals surface area contributed by atoms with Gasteiger partial charge < -0.3 is 4.90 Å². The number of hydrogen-bond donors (Lipinski definition) is 0. The number of rotatable bonds is 6.